The summed E-state index contributed by atoms with van der Waals surface area (Å²) < 4.78 is 5.98. The first-order valence-corrected chi connectivity index (χ1v) is 19.3. The van der Waals surface area contributed by atoms with Gasteiger partial charge in [-0.1, -0.05) is 173 Å². The number of hydrogen-bond donors (Lipinski definition) is 1. The summed E-state index contributed by atoms with van der Waals surface area (Å²) in [6.45, 7) is 9.50. The molecule has 0 amide bonds. The van der Waals surface area contributed by atoms with Crippen molar-refractivity contribution in [2.45, 2.75) is 167 Å². The molecular weight excluding hydrogens is 456 g/mol. The van der Waals surface area contributed by atoms with Crippen LogP contribution in [0.5, 0.6) is 5.75 Å². The second kappa shape index (κ2) is 21.2. The molecule has 0 fully saturated rings. The van der Waals surface area contributed by atoms with E-state index in [1.165, 1.54) is 122 Å². The lowest BCUT2D eigenvalue weighted by atomic mass is 10.0. The first-order chi connectivity index (χ1) is 17.4. The minimum absolute atomic E-state index is 0.422. The van der Waals surface area contributed by atoms with Crippen molar-refractivity contribution in [1.29, 1.82) is 0 Å². The highest BCUT2D eigenvalue weighted by molar-refractivity contribution is 6.78. The van der Waals surface area contributed by atoms with Gasteiger partial charge in [0.15, 0.2) is 0 Å². The molecule has 0 bridgehead atoms. The molecule has 0 radical (unpaired) electrons. The lowest BCUT2D eigenvalue weighted by Gasteiger charge is -2.38. The maximum atomic E-state index is 11.4. The van der Waals surface area contributed by atoms with Crippen LogP contribution in [0, 0.1) is 0 Å². The second-order valence-electron chi connectivity index (χ2n) is 12.4. The van der Waals surface area contributed by atoms with E-state index >= 15 is 0 Å². The van der Waals surface area contributed by atoms with Crippen molar-refractivity contribution in [1.82, 2.24) is 0 Å². The molecule has 1 rings (SSSR count). The van der Waals surface area contributed by atoms with Crippen LogP contribution in [0.1, 0.15) is 142 Å². The van der Waals surface area contributed by atoms with E-state index in [0.717, 1.165) is 18.6 Å². The second-order valence-corrected chi connectivity index (χ2v) is 17.8. The monoisotopic (exact) mass is 518 g/mol. The highest BCUT2D eigenvalue weighted by atomic mass is 28.3. The molecule has 1 atom stereocenters. The number of benzene rings is 1. The van der Waals surface area contributed by atoms with Crippen molar-refractivity contribution in [2.75, 3.05) is 6.61 Å². The summed E-state index contributed by atoms with van der Waals surface area (Å²) in [4.78, 5) is 0. The molecule has 0 aliphatic carbocycles. The normalized spacial score (nSPS) is 13.6. The number of para-hydroxylation sites is 1. The summed E-state index contributed by atoms with van der Waals surface area (Å²) in [6, 6.07) is 9.92. The van der Waals surface area contributed by atoms with Crippen LogP contribution < -0.4 is 4.74 Å². The Kier molecular flexibility index (Phi) is 19.5. The van der Waals surface area contributed by atoms with E-state index in [9.17, 15) is 5.11 Å². The van der Waals surface area contributed by atoms with Gasteiger partial charge >= 0.3 is 0 Å². The molecule has 0 aliphatic heterocycles. The van der Waals surface area contributed by atoms with Gasteiger partial charge in [-0.25, -0.2) is 0 Å². The summed E-state index contributed by atoms with van der Waals surface area (Å²) >= 11 is 0. The zero-order chi connectivity index (χ0) is 26.4. The molecule has 1 aromatic carbocycles. The van der Waals surface area contributed by atoms with Gasteiger partial charge in [0, 0.05) is 0 Å². The Balaban J connectivity index is 1.93. The van der Waals surface area contributed by atoms with Crippen LogP contribution in [0.3, 0.4) is 0 Å². The van der Waals surface area contributed by atoms with Gasteiger partial charge in [0.1, 0.15) is 12.4 Å². The maximum Gasteiger partial charge on any atom is 0.119 e. The van der Waals surface area contributed by atoms with Gasteiger partial charge in [-0.3, -0.25) is 0 Å². The van der Waals surface area contributed by atoms with Crippen LogP contribution in [0.25, 0.3) is 0 Å². The molecule has 1 unspecified atom stereocenters. The van der Waals surface area contributed by atoms with Crippen LogP contribution in [0.4, 0.5) is 0 Å². The molecule has 210 valence electrons. The fraction of sp³-hybridized carbons (Fsp3) is 0.818. The number of unbranched alkanes of at least 4 members (excludes halogenated alkanes) is 19. The van der Waals surface area contributed by atoms with Crippen molar-refractivity contribution >= 4 is 8.07 Å². The molecule has 2 nitrogen and oxygen atoms in total. The third kappa shape index (κ3) is 16.8. The third-order valence-electron chi connectivity index (χ3n) is 8.06. The highest BCUT2D eigenvalue weighted by Gasteiger charge is 2.41. The Hall–Kier alpha value is -0.803. The van der Waals surface area contributed by atoms with Crippen LogP contribution in [0.2, 0.25) is 19.6 Å². The van der Waals surface area contributed by atoms with Crippen molar-refractivity contribution in [3.05, 3.63) is 30.3 Å². The smallest absolute Gasteiger partial charge is 0.119 e. The van der Waals surface area contributed by atoms with E-state index in [0.29, 0.717) is 6.61 Å². The summed E-state index contributed by atoms with van der Waals surface area (Å²) in [5.74, 6) is 0.859. The topological polar surface area (TPSA) is 29.5 Å². The SMILES string of the molecule is CCCCCCCCCCCCCCCCCCCCCCC(O)(COc1ccccc1)[Si](C)(C)C. The van der Waals surface area contributed by atoms with E-state index < -0.39 is 13.3 Å². The van der Waals surface area contributed by atoms with Crippen molar-refractivity contribution in [3.8, 4) is 5.75 Å². The molecule has 36 heavy (non-hydrogen) atoms. The quantitative estimate of drug-likeness (QED) is 0.103. The average molecular weight is 519 g/mol. The number of rotatable bonds is 25. The van der Waals surface area contributed by atoms with E-state index in [4.69, 9.17) is 4.74 Å². The van der Waals surface area contributed by atoms with Gasteiger partial charge in [0.05, 0.1) is 13.3 Å². The standard InChI is InChI=1S/C33H62O2Si/c1-5-6-7-8-9-10-11-12-13-14-15-16-17-18-19-20-21-22-23-27-30-33(34,36(2,3)4)31-35-32-28-25-24-26-29-32/h24-26,28-29,34H,5-23,27,30-31H2,1-4H3. The molecule has 1 aromatic rings. The van der Waals surface area contributed by atoms with Crippen LogP contribution in [0.15, 0.2) is 30.3 Å². The molecular formula is C33H62O2Si. The van der Waals surface area contributed by atoms with Crippen molar-refractivity contribution in [2.24, 2.45) is 0 Å². The molecule has 3 heteroatoms. The minimum Gasteiger partial charge on any atom is -0.491 e. The summed E-state index contributed by atoms with van der Waals surface area (Å²) in [6.07, 6.45) is 28.9. The largest absolute Gasteiger partial charge is 0.491 e. The maximum absolute atomic E-state index is 11.4. The zero-order valence-corrected chi connectivity index (χ0v) is 25.8. The first-order valence-electron chi connectivity index (χ1n) is 15.8. The van der Waals surface area contributed by atoms with Gasteiger partial charge in [-0.05, 0) is 18.6 Å². The van der Waals surface area contributed by atoms with Crippen molar-refractivity contribution in [3.63, 3.8) is 0 Å². The molecule has 0 aromatic heterocycles. The Morgan fingerprint density at radius 1 is 0.583 bits per heavy atom. The Morgan fingerprint density at radius 2 is 0.944 bits per heavy atom. The van der Waals surface area contributed by atoms with Gasteiger partial charge in [0.2, 0.25) is 0 Å². The Labute approximate surface area is 227 Å². The molecule has 0 aliphatic rings. The fourth-order valence-corrected chi connectivity index (χ4v) is 6.49. The van der Waals surface area contributed by atoms with Crippen LogP contribution in [-0.4, -0.2) is 25.0 Å². The van der Waals surface area contributed by atoms with Crippen LogP contribution in [-0.2, 0) is 0 Å². The molecule has 1 N–H and O–H groups in total. The fourth-order valence-electron chi connectivity index (χ4n) is 5.06. The lowest BCUT2D eigenvalue weighted by Crippen LogP contribution is -2.56. The molecule has 0 heterocycles. The minimum atomic E-state index is -1.75. The zero-order valence-electron chi connectivity index (χ0n) is 24.8. The van der Waals surface area contributed by atoms with E-state index in [-0.39, 0.29) is 0 Å². The van der Waals surface area contributed by atoms with Gasteiger partial charge in [-0.2, -0.15) is 0 Å². The van der Waals surface area contributed by atoms with E-state index in [1.54, 1.807) is 0 Å². The molecule has 0 saturated carbocycles. The Bertz CT molecular complexity index is 597. The molecule has 0 saturated heterocycles. The predicted molar refractivity (Wildman–Crippen MR) is 163 cm³/mol. The van der Waals surface area contributed by atoms with E-state index in [2.05, 4.69) is 26.6 Å². The third-order valence-corrected chi connectivity index (χ3v) is 11.2. The highest BCUT2D eigenvalue weighted by Crippen LogP contribution is 2.28. The first kappa shape index (κ1) is 33.2. The van der Waals surface area contributed by atoms with Gasteiger partial charge < -0.3 is 9.84 Å². The summed E-state index contributed by atoms with van der Waals surface area (Å²) in [5.41, 5.74) is 0. The Morgan fingerprint density at radius 3 is 1.31 bits per heavy atom. The number of hydrogen-bond acceptors (Lipinski definition) is 2. The number of ether oxygens (including phenoxy) is 1. The molecule has 0 spiro atoms. The summed E-state index contributed by atoms with van der Waals surface area (Å²) in [7, 11) is -1.75. The predicted octanol–water partition coefficient (Wildman–Crippen LogP) is 10.9. The van der Waals surface area contributed by atoms with Gasteiger partial charge in [-0.15, -0.1) is 0 Å². The lowest BCUT2D eigenvalue weighted by molar-refractivity contribution is 0.0483. The van der Waals surface area contributed by atoms with E-state index in [1.807, 2.05) is 30.3 Å². The van der Waals surface area contributed by atoms with Crippen molar-refractivity contribution < 1.29 is 9.84 Å². The average Bonchev–Trinajstić information content (AvgIpc) is 2.86. The van der Waals surface area contributed by atoms with Crippen LogP contribution >= 0.6 is 0 Å². The summed E-state index contributed by atoms with van der Waals surface area (Å²) in [5, 5.41) is 10.7. The number of aliphatic hydroxyl groups is 1. The van der Waals surface area contributed by atoms with Gasteiger partial charge in [0.25, 0.3) is 0 Å².